The number of carbonyl (C=O) groups excluding carboxylic acids is 1. The van der Waals surface area contributed by atoms with E-state index in [1.807, 2.05) is 0 Å². The Hall–Kier alpha value is -1.30. The molecule has 1 heterocycles. The summed E-state index contributed by atoms with van der Waals surface area (Å²) >= 11 is 0. The number of carbonyl (C=O) groups is 1. The molecule has 2 unspecified atom stereocenters. The van der Waals surface area contributed by atoms with Gasteiger partial charge in [-0.05, 0) is 42.9 Å². The standard InChI is InChI=1S/C16H19F2NO2S/c1-19(11-4-6-22(21)7-5-11)16(20)13-9-12(13)10-2-3-14(17)15(18)8-10/h2-3,8,11-13H,4-7,9H2,1H3. The van der Waals surface area contributed by atoms with Gasteiger partial charge in [0.2, 0.25) is 5.91 Å². The zero-order valence-corrected chi connectivity index (χ0v) is 13.2. The van der Waals surface area contributed by atoms with Crippen LogP contribution in [0.15, 0.2) is 18.2 Å². The lowest BCUT2D eigenvalue weighted by Crippen LogP contribution is -2.42. The van der Waals surface area contributed by atoms with E-state index in [0.717, 1.165) is 18.9 Å². The maximum atomic E-state index is 13.3. The fourth-order valence-electron chi connectivity index (χ4n) is 3.19. The van der Waals surface area contributed by atoms with E-state index >= 15 is 0 Å². The lowest BCUT2D eigenvalue weighted by molar-refractivity contribution is -0.133. The smallest absolute Gasteiger partial charge is 0.226 e. The second-order valence-corrected chi connectivity index (χ2v) is 7.85. The number of hydrogen-bond acceptors (Lipinski definition) is 2. The van der Waals surface area contributed by atoms with Crippen LogP contribution in [0.4, 0.5) is 8.78 Å². The third-order valence-electron chi connectivity index (χ3n) is 4.73. The molecule has 120 valence electrons. The Kier molecular flexibility index (Phi) is 4.30. The van der Waals surface area contributed by atoms with Gasteiger partial charge in [-0.15, -0.1) is 0 Å². The summed E-state index contributed by atoms with van der Waals surface area (Å²) in [6.45, 7) is 0. The fraction of sp³-hybridized carbons (Fsp3) is 0.562. The summed E-state index contributed by atoms with van der Waals surface area (Å²) in [6.07, 6.45) is 2.24. The Morgan fingerprint density at radius 1 is 1.23 bits per heavy atom. The highest BCUT2D eigenvalue weighted by Gasteiger charge is 2.46. The van der Waals surface area contributed by atoms with Gasteiger partial charge in [0.25, 0.3) is 0 Å². The average molecular weight is 327 g/mol. The zero-order chi connectivity index (χ0) is 15.9. The van der Waals surface area contributed by atoms with E-state index in [0.29, 0.717) is 23.5 Å². The summed E-state index contributed by atoms with van der Waals surface area (Å²) < 4.78 is 37.6. The Balaban J connectivity index is 1.62. The van der Waals surface area contributed by atoms with E-state index in [1.165, 1.54) is 6.07 Å². The number of nitrogens with zero attached hydrogens (tertiary/aromatic N) is 1. The minimum absolute atomic E-state index is 0.0113. The first-order valence-electron chi connectivity index (χ1n) is 7.54. The highest BCUT2D eigenvalue weighted by atomic mass is 32.2. The van der Waals surface area contributed by atoms with E-state index in [1.54, 1.807) is 18.0 Å². The predicted octanol–water partition coefficient (Wildman–Crippen LogP) is 2.44. The predicted molar refractivity (Wildman–Crippen MR) is 80.9 cm³/mol. The van der Waals surface area contributed by atoms with Gasteiger partial charge in [0.15, 0.2) is 11.6 Å². The number of hydrogen-bond donors (Lipinski definition) is 0. The minimum atomic E-state index is -0.862. The molecule has 1 amide bonds. The lowest BCUT2D eigenvalue weighted by Gasteiger charge is -2.31. The highest BCUT2D eigenvalue weighted by Crippen LogP contribution is 2.48. The summed E-state index contributed by atoms with van der Waals surface area (Å²) in [5, 5.41) is 0. The second-order valence-electron chi connectivity index (χ2n) is 6.15. The molecule has 2 atom stereocenters. The van der Waals surface area contributed by atoms with E-state index < -0.39 is 22.4 Å². The second kappa shape index (κ2) is 6.07. The number of benzene rings is 1. The maximum absolute atomic E-state index is 13.3. The van der Waals surface area contributed by atoms with Gasteiger partial charge in [0.05, 0.1) is 0 Å². The van der Waals surface area contributed by atoms with Crippen molar-refractivity contribution < 1.29 is 17.8 Å². The normalized spacial score (nSPS) is 30.9. The lowest BCUT2D eigenvalue weighted by atomic mass is 10.1. The largest absolute Gasteiger partial charge is 0.342 e. The van der Waals surface area contributed by atoms with Gasteiger partial charge < -0.3 is 4.90 Å². The molecule has 1 saturated heterocycles. The van der Waals surface area contributed by atoms with Crippen LogP contribution in [0.1, 0.15) is 30.7 Å². The molecule has 1 aliphatic heterocycles. The highest BCUT2D eigenvalue weighted by molar-refractivity contribution is 7.85. The van der Waals surface area contributed by atoms with E-state index in [2.05, 4.69) is 0 Å². The Labute approximate surface area is 131 Å². The first-order chi connectivity index (χ1) is 10.5. The molecule has 0 N–H and O–H groups in total. The third-order valence-corrected chi connectivity index (χ3v) is 6.11. The summed E-state index contributed by atoms with van der Waals surface area (Å²) in [6, 6.07) is 4.01. The molecule has 0 aromatic heterocycles. The van der Waals surface area contributed by atoms with Crippen molar-refractivity contribution in [3.8, 4) is 0 Å². The van der Waals surface area contributed by atoms with Crippen LogP contribution >= 0.6 is 0 Å². The molecule has 2 aliphatic rings. The number of halogens is 2. The van der Waals surface area contributed by atoms with Crippen LogP contribution in [0.2, 0.25) is 0 Å². The van der Waals surface area contributed by atoms with Crippen LogP contribution in [-0.2, 0) is 15.6 Å². The van der Waals surface area contributed by atoms with Gasteiger partial charge in [-0.3, -0.25) is 9.00 Å². The van der Waals surface area contributed by atoms with Crippen molar-refractivity contribution in [2.45, 2.75) is 31.2 Å². The number of rotatable bonds is 3. The van der Waals surface area contributed by atoms with Crippen molar-refractivity contribution in [3.63, 3.8) is 0 Å². The van der Waals surface area contributed by atoms with Crippen molar-refractivity contribution in [3.05, 3.63) is 35.4 Å². The van der Waals surface area contributed by atoms with Gasteiger partial charge in [-0.1, -0.05) is 6.07 Å². The van der Waals surface area contributed by atoms with Crippen molar-refractivity contribution in [2.75, 3.05) is 18.6 Å². The Bertz CT molecular complexity index is 612. The van der Waals surface area contributed by atoms with Gasteiger partial charge in [0.1, 0.15) is 0 Å². The molecule has 3 nitrogen and oxygen atoms in total. The molecule has 0 spiro atoms. The summed E-state index contributed by atoms with van der Waals surface area (Å²) in [5.74, 6) is -0.505. The van der Waals surface area contributed by atoms with Gasteiger partial charge in [-0.25, -0.2) is 8.78 Å². The molecule has 6 heteroatoms. The van der Waals surface area contributed by atoms with Crippen LogP contribution < -0.4 is 0 Å². The van der Waals surface area contributed by atoms with Crippen LogP contribution in [0.3, 0.4) is 0 Å². The van der Waals surface area contributed by atoms with E-state index in [9.17, 15) is 17.8 Å². The molecule has 0 bridgehead atoms. The maximum Gasteiger partial charge on any atom is 0.226 e. The molecule has 1 saturated carbocycles. The van der Waals surface area contributed by atoms with Crippen molar-refractivity contribution in [1.29, 1.82) is 0 Å². The quantitative estimate of drug-likeness (QED) is 0.855. The molecule has 0 radical (unpaired) electrons. The Morgan fingerprint density at radius 3 is 2.55 bits per heavy atom. The average Bonchev–Trinajstić information content (AvgIpc) is 3.30. The van der Waals surface area contributed by atoms with Crippen molar-refractivity contribution >= 4 is 16.7 Å². The third kappa shape index (κ3) is 3.07. The van der Waals surface area contributed by atoms with Crippen molar-refractivity contribution in [1.82, 2.24) is 4.90 Å². The first kappa shape index (κ1) is 15.6. The van der Waals surface area contributed by atoms with Gasteiger partial charge in [0, 0.05) is 41.3 Å². The molecule has 1 aromatic carbocycles. The number of amides is 1. The molecule has 3 rings (SSSR count). The van der Waals surface area contributed by atoms with Crippen molar-refractivity contribution in [2.24, 2.45) is 5.92 Å². The van der Waals surface area contributed by atoms with Gasteiger partial charge in [-0.2, -0.15) is 0 Å². The first-order valence-corrected chi connectivity index (χ1v) is 9.02. The fourth-order valence-corrected chi connectivity index (χ4v) is 4.46. The van der Waals surface area contributed by atoms with Crippen LogP contribution in [0, 0.1) is 17.6 Å². The molecule has 1 aromatic rings. The Morgan fingerprint density at radius 2 is 1.91 bits per heavy atom. The summed E-state index contributed by atoms with van der Waals surface area (Å²) in [5.41, 5.74) is 0.690. The summed E-state index contributed by atoms with van der Waals surface area (Å²) in [7, 11) is 1.05. The van der Waals surface area contributed by atoms with Crippen LogP contribution in [0.25, 0.3) is 0 Å². The van der Waals surface area contributed by atoms with Gasteiger partial charge >= 0.3 is 0 Å². The molecule has 22 heavy (non-hydrogen) atoms. The SMILES string of the molecule is CN(C(=O)C1CC1c1ccc(F)c(F)c1)C1CCS(=O)CC1. The zero-order valence-electron chi connectivity index (χ0n) is 12.4. The molecular weight excluding hydrogens is 308 g/mol. The molecular formula is C16H19F2NO2S. The minimum Gasteiger partial charge on any atom is -0.342 e. The monoisotopic (exact) mass is 327 g/mol. The molecule has 1 aliphatic carbocycles. The summed E-state index contributed by atoms with van der Waals surface area (Å²) in [4.78, 5) is 14.3. The van der Waals surface area contributed by atoms with Crippen LogP contribution in [-0.4, -0.2) is 39.6 Å². The molecule has 2 fully saturated rings. The van der Waals surface area contributed by atoms with E-state index in [-0.39, 0.29) is 23.8 Å². The van der Waals surface area contributed by atoms with Crippen LogP contribution in [0.5, 0.6) is 0 Å². The topological polar surface area (TPSA) is 37.4 Å². The van der Waals surface area contributed by atoms with E-state index in [4.69, 9.17) is 0 Å².